The zero-order valence-corrected chi connectivity index (χ0v) is 30.3. The van der Waals surface area contributed by atoms with Gasteiger partial charge in [0.05, 0.1) is 22.1 Å². The van der Waals surface area contributed by atoms with Crippen LogP contribution in [0.2, 0.25) is 0 Å². The van der Waals surface area contributed by atoms with Crippen LogP contribution in [0, 0.1) is 11.8 Å². The third kappa shape index (κ3) is 5.74. The lowest BCUT2D eigenvalue weighted by molar-refractivity contribution is 0.415. The molecule has 0 N–H and O–H groups in total. The van der Waals surface area contributed by atoms with Gasteiger partial charge in [-0.2, -0.15) is 0 Å². The number of hydrogen-bond donors (Lipinski definition) is 0. The van der Waals surface area contributed by atoms with Crippen LogP contribution in [0.4, 0.5) is 0 Å². The molecule has 0 aliphatic heterocycles. The summed E-state index contributed by atoms with van der Waals surface area (Å²) in [6.45, 7) is 18.9. The number of rotatable bonds is 10. The average molecular weight is 633 g/mol. The second kappa shape index (κ2) is 12.3. The van der Waals surface area contributed by atoms with Crippen molar-refractivity contribution in [3.63, 3.8) is 0 Å². The van der Waals surface area contributed by atoms with Crippen molar-refractivity contribution in [2.45, 2.75) is 91.9 Å². The minimum atomic E-state index is 0.127. The molecule has 48 heavy (non-hydrogen) atoms. The Labute approximate surface area is 287 Å². The smallest absolute Gasteiger partial charge is 0.0541 e. The van der Waals surface area contributed by atoms with Crippen LogP contribution in [0.25, 0.3) is 55.0 Å². The van der Waals surface area contributed by atoms with Crippen molar-refractivity contribution >= 4 is 43.6 Å². The molecule has 2 heteroatoms. The minimum absolute atomic E-state index is 0.127. The third-order valence-electron chi connectivity index (χ3n) is 10.9. The van der Waals surface area contributed by atoms with Gasteiger partial charge in [0.15, 0.2) is 0 Å². The van der Waals surface area contributed by atoms with E-state index in [-0.39, 0.29) is 10.8 Å². The molecule has 0 spiro atoms. The Balaban J connectivity index is 1.37. The molecule has 0 saturated heterocycles. The Kier molecular flexibility index (Phi) is 8.26. The maximum Gasteiger partial charge on any atom is 0.0541 e. The van der Waals surface area contributed by atoms with E-state index in [1.54, 1.807) is 0 Å². The summed E-state index contributed by atoms with van der Waals surface area (Å²) in [6, 6.07) is 41.3. The maximum atomic E-state index is 2.46. The summed E-state index contributed by atoms with van der Waals surface area (Å²) in [4.78, 5) is 0. The fraction of sp³-hybridized carbons (Fsp3) is 0.348. The topological polar surface area (TPSA) is 9.86 Å². The fourth-order valence-corrected chi connectivity index (χ4v) is 7.70. The molecule has 0 amide bonds. The molecule has 5 aromatic carbocycles. The minimum Gasteiger partial charge on any atom is -0.309 e. The number of fused-ring (bicyclic) bond motifs is 6. The van der Waals surface area contributed by atoms with E-state index >= 15 is 0 Å². The Hall–Kier alpha value is -4.30. The van der Waals surface area contributed by atoms with Gasteiger partial charge in [0.1, 0.15) is 0 Å². The quantitative estimate of drug-likeness (QED) is 0.142. The van der Waals surface area contributed by atoms with Gasteiger partial charge in [-0.05, 0) is 101 Å². The van der Waals surface area contributed by atoms with E-state index in [0.717, 1.165) is 0 Å². The van der Waals surface area contributed by atoms with Crippen LogP contribution in [0.15, 0.2) is 109 Å². The molecule has 7 rings (SSSR count). The van der Waals surface area contributed by atoms with E-state index in [9.17, 15) is 0 Å². The molecule has 7 aromatic rings. The van der Waals surface area contributed by atoms with Gasteiger partial charge >= 0.3 is 0 Å². The van der Waals surface area contributed by atoms with Gasteiger partial charge in [-0.15, -0.1) is 0 Å². The second-order valence-electron chi connectivity index (χ2n) is 16.3. The first-order chi connectivity index (χ1) is 22.9. The lowest BCUT2D eigenvalue weighted by atomic mass is 9.78. The zero-order chi connectivity index (χ0) is 33.8. The normalized spacial score (nSPS) is 12.9. The Morgan fingerprint density at radius 2 is 0.833 bits per heavy atom. The standard InChI is InChI=1S/C46H52N2/c1-31(2)24-26-45(5,6)33-20-22-43-39(28-33)37-16-9-11-18-41(37)47(43)35-14-13-15-36(30-35)48-42-19-12-10-17-38(42)40-29-34(21-23-44(40)48)46(7,8)27-25-32(3)4/h9-23,28-32H,24-27H2,1-8H3. The molecule has 2 aromatic heterocycles. The number of nitrogens with zero attached hydrogens (tertiary/aromatic N) is 2. The summed E-state index contributed by atoms with van der Waals surface area (Å²) < 4.78 is 4.92. The third-order valence-corrected chi connectivity index (χ3v) is 10.9. The summed E-state index contributed by atoms with van der Waals surface area (Å²) >= 11 is 0. The van der Waals surface area contributed by atoms with Crippen LogP contribution in [0.3, 0.4) is 0 Å². The lowest BCUT2D eigenvalue weighted by Crippen LogP contribution is -2.17. The second-order valence-corrected chi connectivity index (χ2v) is 16.3. The molecule has 0 saturated carbocycles. The van der Waals surface area contributed by atoms with Crippen LogP contribution in [0.1, 0.15) is 92.2 Å². The lowest BCUT2D eigenvalue weighted by Gasteiger charge is -2.26. The Morgan fingerprint density at radius 3 is 1.25 bits per heavy atom. The molecular formula is C46H52N2. The molecule has 0 bridgehead atoms. The first kappa shape index (κ1) is 32.3. The van der Waals surface area contributed by atoms with Crippen molar-refractivity contribution in [1.29, 1.82) is 0 Å². The van der Waals surface area contributed by atoms with Crippen LogP contribution in [-0.2, 0) is 10.8 Å². The largest absolute Gasteiger partial charge is 0.309 e. The molecular weight excluding hydrogens is 581 g/mol. The average Bonchev–Trinajstić information content (AvgIpc) is 3.59. The predicted molar refractivity (Wildman–Crippen MR) is 209 cm³/mol. The highest BCUT2D eigenvalue weighted by Crippen LogP contribution is 2.40. The highest BCUT2D eigenvalue weighted by Gasteiger charge is 2.24. The van der Waals surface area contributed by atoms with Crippen LogP contribution in [-0.4, -0.2) is 9.13 Å². The Bertz CT molecular complexity index is 2090. The van der Waals surface area contributed by atoms with Crippen LogP contribution >= 0.6 is 0 Å². The van der Waals surface area contributed by atoms with Gasteiger partial charge in [-0.3, -0.25) is 0 Å². The first-order valence-corrected chi connectivity index (χ1v) is 18.1. The van der Waals surface area contributed by atoms with Gasteiger partial charge in [0.2, 0.25) is 0 Å². The van der Waals surface area contributed by atoms with Crippen molar-refractivity contribution < 1.29 is 0 Å². The van der Waals surface area contributed by atoms with Gasteiger partial charge in [0, 0.05) is 32.9 Å². The maximum absolute atomic E-state index is 2.46. The summed E-state index contributed by atoms with van der Waals surface area (Å²) in [5.74, 6) is 1.42. The number of para-hydroxylation sites is 2. The van der Waals surface area contributed by atoms with Crippen molar-refractivity contribution in [3.05, 3.63) is 120 Å². The first-order valence-electron chi connectivity index (χ1n) is 18.1. The summed E-state index contributed by atoms with van der Waals surface area (Å²) in [5.41, 5.74) is 10.5. The number of aromatic nitrogens is 2. The highest BCUT2D eigenvalue weighted by atomic mass is 15.0. The molecule has 0 atom stereocenters. The van der Waals surface area contributed by atoms with Crippen molar-refractivity contribution in [2.75, 3.05) is 0 Å². The van der Waals surface area contributed by atoms with E-state index in [4.69, 9.17) is 0 Å². The summed E-state index contributed by atoms with van der Waals surface area (Å²) in [6.07, 6.45) is 4.85. The van der Waals surface area contributed by atoms with E-state index in [2.05, 4.69) is 174 Å². The SMILES string of the molecule is CC(C)CCC(C)(C)c1ccc2c(c1)c1ccccc1n2-c1cccc(-n2c3ccccc3c3cc(C(C)(C)CCC(C)C)ccc32)c1. The van der Waals surface area contributed by atoms with E-state index in [1.807, 2.05) is 0 Å². The molecule has 2 nitrogen and oxygen atoms in total. The van der Waals surface area contributed by atoms with Gasteiger partial charge in [0.25, 0.3) is 0 Å². The number of benzene rings is 5. The van der Waals surface area contributed by atoms with Gasteiger partial charge in [-0.25, -0.2) is 0 Å². The van der Waals surface area contributed by atoms with E-state index in [0.29, 0.717) is 11.8 Å². The molecule has 2 heterocycles. The van der Waals surface area contributed by atoms with Crippen LogP contribution in [0.5, 0.6) is 0 Å². The fourth-order valence-electron chi connectivity index (χ4n) is 7.70. The molecule has 0 radical (unpaired) electrons. The molecule has 0 fully saturated rings. The molecule has 0 unspecified atom stereocenters. The van der Waals surface area contributed by atoms with Gasteiger partial charge in [-0.1, -0.05) is 123 Å². The van der Waals surface area contributed by atoms with Crippen molar-refractivity contribution in [3.8, 4) is 11.4 Å². The number of hydrogen-bond acceptors (Lipinski definition) is 0. The predicted octanol–water partition coefficient (Wildman–Crippen LogP) is 13.3. The van der Waals surface area contributed by atoms with Crippen LogP contribution < -0.4 is 0 Å². The van der Waals surface area contributed by atoms with Gasteiger partial charge < -0.3 is 9.13 Å². The molecule has 246 valence electrons. The van der Waals surface area contributed by atoms with Crippen molar-refractivity contribution in [2.24, 2.45) is 11.8 Å². The van der Waals surface area contributed by atoms with E-state index in [1.165, 1.54) is 91.8 Å². The zero-order valence-electron chi connectivity index (χ0n) is 30.3. The summed E-state index contributed by atoms with van der Waals surface area (Å²) in [5, 5.41) is 5.28. The monoisotopic (exact) mass is 632 g/mol. The molecule has 0 aliphatic carbocycles. The Morgan fingerprint density at radius 1 is 0.438 bits per heavy atom. The molecule has 0 aliphatic rings. The van der Waals surface area contributed by atoms with Crippen molar-refractivity contribution in [1.82, 2.24) is 9.13 Å². The summed E-state index contributed by atoms with van der Waals surface area (Å²) in [7, 11) is 0. The highest BCUT2D eigenvalue weighted by molar-refractivity contribution is 6.11. The van der Waals surface area contributed by atoms with E-state index < -0.39 is 0 Å².